The summed E-state index contributed by atoms with van der Waals surface area (Å²) in [7, 11) is 0. The first kappa shape index (κ1) is 60.4. The van der Waals surface area contributed by atoms with Gasteiger partial charge in [0.05, 0.1) is 38.1 Å². The van der Waals surface area contributed by atoms with Crippen LogP contribution in [0.25, 0.3) is 0 Å². The third-order valence-corrected chi connectivity index (χ3v) is 10.1. The Labute approximate surface area is 387 Å². The van der Waals surface area contributed by atoms with Crippen molar-refractivity contribution in [3.05, 3.63) is 0 Å². The molecule has 0 saturated heterocycles. The Kier molecular flexibility index (Phi) is 30.1. The molecule has 8 atom stereocenters. The predicted molar refractivity (Wildman–Crippen MR) is 239 cm³/mol. The van der Waals surface area contributed by atoms with Gasteiger partial charge in [-0.05, 0) is 89.3 Å². The minimum Gasteiger partial charge on any atom is -0.481 e. The number of carbonyl (C=O) groups excluding carboxylic acids is 9. The Hall–Kier alpha value is -5.64. The number of primary amides is 1. The monoisotopic (exact) mass is 962 g/mol. The molecule has 0 aliphatic carbocycles. The summed E-state index contributed by atoms with van der Waals surface area (Å²) in [5.74, 6) is -10.8. The van der Waals surface area contributed by atoms with Gasteiger partial charge in [0.25, 0.3) is 0 Å². The van der Waals surface area contributed by atoms with Crippen LogP contribution >= 0.6 is 11.8 Å². The number of carbonyl (C=O) groups is 11. The fourth-order valence-electron chi connectivity index (χ4n) is 5.93. The summed E-state index contributed by atoms with van der Waals surface area (Å²) < 4.78 is 0. The zero-order valence-electron chi connectivity index (χ0n) is 37.9. The van der Waals surface area contributed by atoms with E-state index in [-0.39, 0.29) is 38.1 Å². The van der Waals surface area contributed by atoms with Gasteiger partial charge in [-0.25, -0.2) is 4.79 Å². The summed E-state index contributed by atoms with van der Waals surface area (Å²) in [6.07, 6.45) is 0.595. The molecule has 0 saturated carbocycles. The van der Waals surface area contributed by atoms with E-state index in [1.165, 1.54) is 11.8 Å². The van der Waals surface area contributed by atoms with Crippen LogP contribution in [0.3, 0.4) is 0 Å². The summed E-state index contributed by atoms with van der Waals surface area (Å²) >= 11 is 1.35. The number of nitrogens with one attached hydrogen (secondary N) is 8. The lowest BCUT2D eigenvalue weighted by molar-refractivity contribution is -0.144. The molecule has 0 unspecified atom stereocenters. The van der Waals surface area contributed by atoms with Crippen LogP contribution in [-0.2, 0) is 52.7 Å². The van der Waals surface area contributed by atoms with Gasteiger partial charge in [-0.2, -0.15) is 11.8 Å². The molecule has 0 radical (unpaired) electrons. The molecule has 26 nitrogen and oxygen atoms in total. The van der Waals surface area contributed by atoms with Gasteiger partial charge in [-0.1, -0.05) is 13.8 Å². The van der Waals surface area contributed by atoms with E-state index >= 15 is 0 Å². The normalized spacial score (nSPS) is 14.6. The molecule has 0 fully saturated rings. The number of aliphatic hydroxyl groups is 1. The Morgan fingerprint density at radius 1 is 0.561 bits per heavy atom. The van der Waals surface area contributed by atoms with Crippen LogP contribution in [0.1, 0.15) is 85.0 Å². The molecule has 376 valence electrons. The highest BCUT2D eigenvalue weighted by molar-refractivity contribution is 7.98. The Morgan fingerprint density at radius 3 is 1.53 bits per heavy atom. The summed E-state index contributed by atoms with van der Waals surface area (Å²) in [4.78, 5) is 139. The van der Waals surface area contributed by atoms with Crippen LogP contribution in [0.15, 0.2) is 0 Å². The first-order chi connectivity index (χ1) is 31.0. The Balaban J connectivity index is 5.93. The number of nitrogens with two attached hydrogens (primary N) is 4. The van der Waals surface area contributed by atoms with E-state index in [2.05, 4.69) is 37.2 Å². The fraction of sp³-hybridized carbons (Fsp3) is 0.718. The fourth-order valence-corrected chi connectivity index (χ4v) is 6.41. The average molecular weight is 963 g/mol. The van der Waals surface area contributed by atoms with Crippen LogP contribution in [0.2, 0.25) is 0 Å². The van der Waals surface area contributed by atoms with Crippen molar-refractivity contribution in [3.8, 4) is 0 Å². The van der Waals surface area contributed by atoms with Crippen molar-refractivity contribution in [1.82, 2.24) is 42.5 Å². The summed E-state index contributed by atoms with van der Waals surface area (Å²) in [5, 5.41) is 47.8. The molecule has 0 aromatic carbocycles. The van der Waals surface area contributed by atoms with Gasteiger partial charge in [0.15, 0.2) is 0 Å². The van der Waals surface area contributed by atoms with Gasteiger partial charge >= 0.3 is 11.9 Å². The lowest BCUT2D eigenvalue weighted by atomic mass is 10.0. The molecule has 0 bridgehead atoms. The Morgan fingerprint density at radius 2 is 1.05 bits per heavy atom. The van der Waals surface area contributed by atoms with Gasteiger partial charge in [0.1, 0.15) is 36.3 Å². The van der Waals surface area contributed by atoms with E-state index in [0.29, 0.717) is 38.0 Å². The number of aliphatic hydroxyl groups excluding tert-OH is 1. The zero-order chi connectivity index (χ0) is 50.5. The molecular weight excluding hydrogens is 893 g/mol. The van der Waals surface area contributed by atoms with Gasteiger partial charge in [0, 0.05) is 0 Å². The number of hydrogen-bond acceptors (Lipinski definition) is 16. The molecule has 0 spiro atoms. The molecule has 0 rings (SSSR count). The van der Waals surface area contributed by atoms with Crippen LogP contribution in [0.5, 0.6) is 0 Å². The van der Waals surface area contributed by atoms with Crippen molar-refractivity contribution in [2.75, 3.05) is 38.2 Å². The second kappa shape index (κ2) is 32.9. The summed E-state index contributed by atoms with van der Waals surface area (Å²) in [6.45, 7) is 3.95. The third kappa shape index (κ3) is 25.7. The van der Waals surface area contributed by atoms with E-state index in [1.54, 1.807) is 20.1 Å². The summed E-state index contributed by atoms with van der Waals surface area (Å²) in [5.41, 5.74) is 21.8. The number of aliphatic carboxylic acids is 2. The number of thioether (sulfide) groups is 1. The van der Waals surface area contributed by atoms with Gasteiger partial charge in [-0.3, -0.25) is 47.9 Å². The number of carboxylic acid groups (broad SMARTS) is 2. The van der Waals surface area contributed by atoms with Crippen LogP contribution in [-0.4, -0.2) is 167 Å². The highest BCUT2D eigenvalue weighted by Crippen LogP contribution is 2.10. The molecular formula is C39H70N12O14S. The van der Waals surface area contributed by atoms with Gasteiger partial charge in [0.2, 0.25) is 53.2 Å². The largest absolute Gasteiger partial charge is 0.481 e. The molecule has 9 amide bonds. The number of rotatable bonds is 35. The molecule has 0 aromatic heterocycles. The van der Waals surface area contributed by atoms with Crippen LogP contribution in [0, 0.1) is 5.92 Å². The highest BCUT2D eigenvalue weighted by Gasteiger charge is 2.35. The van der Waals surface area contributed by atoms with Crippen molar-refractivity contribution in [1.29, 1.82) is 0 Å². The van der Waals surface area contributed by atoms with Crippen molar-refractivity contribution in [2.24, 2.45) is 28.9 Å². The zero-order valence-corrected chi connectivity index (χ0v) is 38.7. The second-order valence-electron chi connectivity index (χ2n) is 15.8. The molecule has 0 aliphatic heterocycles. The lowest BCUT2D eigenvalue weighted by Crippen LogP contribution is -2.61. The van der Waals surface area contributed by atoms with E-state index < -0.39 is 139 Å². The molecule has 0 aliphatic rings. The van der Waals surface area contributed by atoms with Gasteiger partial charge < -0.3 is 80.8 Å². The number of hydrogen-bond donors (Lipinski definition) is 15. The Bertz CT molecular complexity index is 1660. The third-order valence-electron chi connectivity index (χ3n) is 9.45. The first-order valence-corrected chi connectivity index (χ1v) is 22.8. The van der Waals surface area contributed by atoms with E-state index in [1.807, 2.05) is 5.32 Å². The van der Waals surface area contributed by atoms with Crippen molar-refractivity contribution in [3.63, 3.8) is 0 Å². The number of unbranched alkanes of at least 4 members (excludes halogenated alkanes) is 2. The SMILES string of the molecule is CSCC[C@H](NC(=O)[C@H](CC(C)C)NC(=O)CNC(=O)CNC(=O)[C@H](CCCCN)NC(=O)[C@@H](N)CC(=O)O)C(=O)N[C@@H](CCCCN)C(=O)N[C@H](C(=O)N[C@@H](CC(N)=O)C(=O)O)[C@@H](C)O. The first-order valence-electron chi connectivity index (χ1n) is 21.4. The second-order valence-corrected chi connectivity index (χ2v) is 16.8. The average Bonchev–Trinajstić information content (AvgIpc) is 3.23. The number of carboxylic acids is 2. The minimum atomic E-state index is -1.77. The summed E-state index contributed by atoms with van der Waals surface area (Å²) in [6, 6.07) is -9.94. The van der Waals surface area contributed by atoms with Gasteiger partial charge in [-0.15, -0.1) is 0 Å². The minimum absolute atomic E-state index is 0.0117. The highest BCUT2D eigenvalue weighted by atomic mass is 32.2. The van der Waals surface area contributed by atoms with Crippen molar-refractivity contribution < 1.29 is 68.1 Å². The lowest BCUT2D eigenvalue weighted by Gasteiger charge is -2.28. The number of amides is 9. The quantitative estimate of drug-likeness (QED) is 0.0263. The molecule has 66 heavy (non-hydrogen) atoms. The molecule has 0 heterocycles. The molecule has 0 aromatic rings. The van der Waals surface area contributed by atoms with Crippen molar-refractivity contribution >= 4 is 76.9 Å². The molecule has 27 heteroatoms. The topological polar surface area (TPSA) is 449 Å². The van der Waals surface area contributed by atoms with E-state index in [0.717, 1.165) is 6.92 Å². The maximum absolute atomic E-state index is 13.8. The standard InChI is InChI=1S/C39H70N12O14S/c1-20(2)15-26(46-30(55)19-44-29(54)18-45-34(59)23(9-5-7-12-40)47-33(58)22(42)16-31(56)57)37(62)49-25(11-14-66-4)35(60)48-24(10-6-8-13-41)36(61)51-32(21(3)52)38(63)50-27(39(64)65)17-28(43)53/h20-27,32,52H,5-19,40-42H2,1-4H3,(H2,43,53)(H,44,54)(H,45,59)(H,46,55)(H,47,58)(H,48,60)(H,49,62)(H,50,63)(H,51,61)(H,56,57)(H,64,65)/t21-,22+,23+,24+,25+,26+,27+,32+/m1/s1. The smallest absolute Gasteiger partial charge is 0.326 e. The van der Waals surface area contributed by atoms with Crippen LogP contribution < -0.4 is 65.5 Å². The van der Waals surface area contributed by atoms with E-state index in [9.17, 15) is 63.0 Å². The predicted octanol–water partition coefficient (Wildman–Crippen LogP) is -5.67. The van der Waals surface area contributed by atoms with Crippen LogP contribution in [0.4, 0.5) is 0 Å². The maximum Gasteiger partial charge on any atom is 0.326 e. The van der Waals surface area contributed by atoms with Crippen molar-refractivity contribution in [2.45, 2.75) is 133 Å². The maximum atomic E-state index is 13.8. The van der Waals surface area contributed by atoms with E-state index in [4.69, 9.17) is 28.0 Å². The molecule has 19 N–H and O–H groups in total.